The van der Waals surface area contributed by atoms with Crippen LogP contribution in [0.25, 0.3) is 0 Å². The summed E-state index contributed by atoms with van der Waals surface area (Å²) in [4.78, 5) is 30.8. The van der Waals surface area contributed by atoms with Crippen molar-refractivity contribution in [3.63, 3.8) is 0 Å². The van der Waals surface area contributed by atoms with Crippen LogP contribution in [-0.2, 0) is 4.79 Å². The lowest BCUT2D eigenvalue weighted by molar-refractivity contribution is -0.129. The van der Waals surface area contributed by atoms with E-state index in [1.807, 2.05) is 27.7 Å². The minimum atomic E-state index is -0.304. The Balaban J connectivity index is 1.88. The Morgan fingerprint density at radius 1 is 1.45 bits per heavy atom. The van der Waals surface area contributed by atoms with Gasteiger partial charge < -0.3 is 10.2 Å². The number of nitrogens with one attached hydrogen (secondary N) is 2. The maximum Gasteiger partial charge on any atom is 0.321 e. The van der Waals surface area contributed by atoms with Crippen LogP contribution in [-0.4, -0.2) is 40.5 Å². The van der Waals surface area contributed by atoms with Crippen LogP contribution in [0.1, 0.15) is 30.8 Å². The Morgan fingerprint density at radius 3 is 2.65 bits per heavy atom. The molecular formula is C13H20N4O2S. The van der Waals surface area contributed by atoms with Gasteiger partial charge in [0.1, 0.15) is 0 Å². The molecule has 0 aliphatic carbocycles. The van der Waals surface area contributed by atoms with E-state index in [9.17, 15) is 9.59 Å². The molecule has 1 fully saturated rings. The largest absolute Gasteiger partial charge is 0.338 e. The van der Waals surface area contributed by atoms with Crippen molar-refractivity contribution >= 4 is 28.4 Å². The predicted octanol–water partition coefficient (Wildman–Crippen LogP) is 1.89. The van der Waals surface area contributed by atoms with E-state index < -0.39 is 0 Å². The number of anilines is 1. The Bertz CT molecular complexity index is 507. The molecule has 20 heavy (non-hydrogen) atoms. The molecule has 1 aromatic rings. The van der Waals surface area contributed by atoms with Crippen molar-refractivity contribution in [1.82, 2.24) is 15.2 Å². The minimum Gasteiger partial charge on any atom is -0.338 e. The number of nitrogens with zero attached hydrogens (tertiary/aromatic N) is 2. The van der Waals surface area contributed by atoms with Gasteiger partial charge in [-0.05, 0) is 27.7 Å². The van der Waals surface area contributed by atoms with Crippen LogP contribution in [0.4, 0.5) is 9.93 Å². The topological polar surface area (TPSA) is 74.3 Å². The van der Waals surface area contributed by atoms with Crippen molar-refractivity contribution < 1.29 is 9.59 Å². The summed E-state index contributed by atoms with van der Waals surface area (Å²) in [6, 6.07) is -0.268. The first-order valence-corrected chi connectivity index (χ1v) is 7.49. The first kappa shape index (κ1) is 14.8. The van der Waals surface area contributed by atoms with Gasteiger partial charge in [-0.2, -0.15) is 0 Å². The molecule has 2 rings (SSSR count). The van der Waals surface area contributed by atoms with Crippen LogP contribution in [0.15, 0.2) is 0 Å². The van der Waals surface area contributed by atoms with Gasteiger partial charge in [0.2, 0.25) is 5.91 Å². The zero-order valence-corrected chi connectivity index (χ0v) is 13.0. The quantitative estimate of drug-likeness (QED) is 0.894. The SMILES string of the molecule is Cc1nc(NC(=O)NC2CC(=O)N(C(C)C)C2)sc1C. The molecule has 1 atom stereocenters. The van der Waals surface area contributed by atoms with Crippen molar-refractivity contribution in [1.29, 1.82) is 0 Å². The van der Waals surface area contributed by atoms with Crippen molar-refractivity contribution in [3.05, 3.63) is 10.6 Å². The van der Waals surface area contributed by atoms with Gasteiger partial charge in [-0.15, -0.1) is 11.3 Å². The highest BCUT2D eigenvalue weighted by atomic mass is 32.1. The number of carbonyl (C=O) groups is 2. The highest BCUT2D eigenvalue weighted by molar-refractivity contribution is 7.15. The summed E-state index contributed by atoms with van der Waals surface area (Å²) in [6.45, 7) is 8.39. The number of rotatable bonds is 3. The third-order valence-electron chi connectivity index (χ3n) is 3.37. The summed E-state index contributed by atoms with van der Waals surface area (Å²) >= 11 is 1.45. The zero-order valence-electron chi connectivity index (χ0n) is 12.2. The van der Waals surface area contributed by atoms with E-state index in [-0.39, 0.29) is 24.0 Å². The lowest BCUT2D eigenvalue weighted by Crippen LogP contribution is -2.40. The first-order chi connectivity index (χ1) is 9.36. The second-order valence-corrected chi connectivity index (χ2v) is 6.50. The minimum absolute atomic E-state index is 0.0891. The van der Waals surface area contributed by atoms with E-state index in [1.165, 1.54) is 11.3 Å². The van der Waals surface area contributed by atoms with Crippen LogP contribution >= 0.6 is 11.3 Å². The van der Waals surface area contributed by atoms with Crippen LogP contribution in [0.3, 0.4) is 0 Å². The molecule has 1 aliphatic rings. The third-order valence-corrected chi connectivity index (χ3v) is 4.35. The van der Waals surface area contributed by atoms with Crippen molar-refractivity contribution in [2.24, 2.45) is 0 Å². The number of hydrogen-bond acceptors (Lipinski definition) is 4. The summed E-state index contributed by atoms with van der Waals surface area (Å²) in [5, 5.41) is 6.13. The molecule has 2 N–H and O–H groups in total. The van der Waals surface area contributed by atoms with E-state index in [4.69, 9.17) is 0 Å². The van der Waals surface area contributed by atoms with Gasteiger partial charge in [-0.3, -0.25) is 10.1 Å². The molecule has 3 amide bonds. The molecule has 0 spiro atoms. The Morgan fingerprint density at radius 2 is 2.15 bits per heavy atom. The molecule has 7 heteroatoms. The molecule has 1 aromatic heterocycles. The zero-order chi connectivity index (χ0) is 14.9. The standard InChI is InChI=1S/C13H20N4O2S/c1-7(2)17-6-10(5-11(17)18)15-12(19)16-13-14-8(3)9(4)20-13/h7,10H,5-6H2,1-4H3,(H2,14,15,16,19). The van der Waals surface area contributed by atoms with Crippen molar-refractivity contribution in [3.8, 4) is 0 Å². The van der Waals surface area contributed by atoms with Gasteiger partial charge in [0.25, 0.3) is 0 Å². The molecule has 0 bridgehead atoms. The Hall–Kier alpha value is -1.63. The number of aromatic nitrogens is 1. The number of aryl methyl sites for hydroxylation is 2. The second-order valence-electron chi connectivity index (χ2n) is 5.30. The van der Waals surface area contributed by atoms with E-state index in [0.717, 1.165) is 10.6 Å². The normalized spacial score (nSPS) is 18.8. The molecule has 1 aliphatic heterocycles. The fraction of sp³-hybridized carbons (Fsp3) is 0.615. The second kappa shape index (κ2) is 5.78. The van der Waals surface area contributed by atoms with Gasteiger partial charge in [0.05, 0.1) is 11.7 Å². The van der Waals surface area contributed by atoms with E-state index in [0.29, 0.717) is 18.1 Å². The summed E-state index contributed by atoms with van der Waals surface area (Å²) < 4.78 is 0. The van der Waals surface area contributed by atoms with Gasteiger partial charge in [-0.25, -0.2) is 9.78 Å². The third kappa shape index (κ3) is 3.27. The van der Waals surface area contributed by atoms with E-state index in [2.05, 4.69) is 15.6 Å². The lowest BCUT2D eigenvalue weighted by Gasteiger charge is -2.21. The average molecular weight is 296 g/mol. The van der Waals surface area contributed by atoms with Crippen LogP contribution in [0.2, 0.25) is 0 Å². The number of thiazole rings is 1. The molecule has 1 unspecified atom stereocenters. The van der Waals surface area contributed by atoms with Gasteiger partial charge in [-0.1, -0.05) is 0 Å². The molecular weight excluding hydrogens is 276 g/mol. The molecule has 1 saturated heterocycles. The summed E-state index contributed by atoms with van der Waals surface area (Å²) in [6.07, 6.45) is 0.363. The predicted molar refractivity (Wildman–Crippen MR) is 79.0 cm³/mol. The fourth-order valence-electron chi connectivity index (χ4n) is 2.17. The highest BCUT2D eigenvalue weighted by Crippen LogP contribution is 2.21. The lowest BCUT2D eigenvalue weighted by atomic mass is 10.3. The van der Waals surface area contributed by atoms with Crippen molar-refractivity contribution in [2.45, 2.75) is 46.2 Å². The monoisotopic (exact) mass is 296 g/mol. The number of likely N-dealkylation sites (tertiary alicyclic amines) is 1. The molecule has 6 nitrogen and oxygen atoms in total. The molecule has 110 valence electrons. The smallest absolute Gasteiger partial charge is 0.321 e. The van der Waals surface area contributed by atoms with Crippen LogP contribution in [0, 0.1) is 13.8 Å². The maximum atomic E-state index is 11.9. The number of amides is 3. The average Bonchev–Trinajstić information content (AvgIpc) is 2.83. The fourth-order valence-corrected chi connectivity index (χ4v) is 2.98. The van der Waals surface area contributed by atoms with E-state index in [1.54, 1.807) is 4.90 Å². The van der Waals surface area contributed by atoms with Gasteiger partial charge in [0.15, 0.2) is 5.13 Å². The summed E-state index contributed by atoms with van der Waals surface area (Å²) in [5.74, 6) is 0.0891. The molecule has 0 aromatic carbocycles. The number of carbonyl (C=O) groups excluding carboxylic acids is 2. The molecule has 2 heterocycles. The number of hydrogen-bond donors (Lipinski definition) is 2. The summed E-state index contributed by atoms with van der Waals surface area (Å²) in [5.41, 5.74) is 0.923. The number of urea groups is 1. The maximum absolute atomic E-state index is 11.9. The van der Waals surface area contributed by atoms with Gasteiger partial charge >= 0.3 is 6.03 Å². The molecule has 0 saturated carbocycles. The van der Waals surface area contributed by atoms with Crippen LogP contribution < -0.4 is 10.6 Å². The van der Waals surface area contributed by atoms with E-state index >= 15 is 0 Å². The Kier molecular flexibility index (Phi) is 4.27. The highest BCUT2D eigenvalue weighted by Gasteiger charge is 2.32. The van der Waals surface area contributed by atoms with Crippen LogP contribution in [0.5, 0.6) is 0 Å². The Labute approximate surface area is 122 Å². The first-order valence-electron chi connectivity index (χ1n) is 6.68. The van der Waals surface area contributed by atoms with Gasteiger partial charge in [0, 0.05) is 23.9 Å². The molecule has 0 radical (unpaired) electrons. The van der Waals surface area contributed by atoms with Crippen molar-refractivity contribution in [2.75, 3.05) is 11.9 Å². The summed E-state index contributed by atoms with van der Waals surface area (Å²) in [7, 11) is 0.